The molecule has 0 aliphatic carbocycles. The van der Waals surface area contributed by atoms with E-state index in [1.54, 1.807) is 38.4 Å². The van der Waals surface area contributed by atoms with Gasteiger partial charge in [-0.3, -0.25) is 9.69 Å². The van der Waals surface area contributed by atoms with Crippen LogP contribution in [-0.4, -0.2) is 53.4 Å². The lowest BCUT2D eigenvalue weighted by Gasteiger charge is -2.08. The van der Waals surface area contributed by atoms with Gasteiger partial charge in [-0.05, 0) is 42.1 Å². The minimum atomic E-state index is -1.23. The summed E-state index contributed by atoms with van der Waals surface area (Å²) in [6, 6.07) is 9.24. The summed E-state index contributed by atoms with van der Waals surface area (Å²) in [5.41, 5.74) is 0.824. The first kappa shape index (κ1) is 20.3. The molecule has 1 saturated heterocycles. The van der Waals surface area contributed by atoms with Crippen LogP contribution in [0.4, 0.5) is 5.69 Å². The van der Waals surface area contributed by atoms with Crippen LogP contribution in [0.25, 0.3) is 6.08 Å². The number of carboxylic acids is 1. The molecule has 8 nitrogen and oxygen atoms in total. The van der Waals surface area contributed by atoms with Crippen molar-refractivity contribution in [3.8, 4) is 17.2 Å². The molecule has 1 heterocycles. The number of nitrogens with zero attached hydrogens (tertiary/aromatic N) is 2. The first-order valence-corrected chi connectivity index (χ1v) is 9.20. The number of amidine groups is 1. The molecule has 2 N–H and O–H groups in total. The fourth-order valence-electron chi connectivity index (χ4n) is 2.61. The first-order chi connectivity index (χ1) is 13.8. The minimum absolute atomic E-state index is 0.218. The normalized spacial score (nSPS) is 16.5. The highest BCUT2D eigenvalue weighted by Gasteiger charge is 2.30. The van der Waals surface area contributed by atoms with E-state index in [0.717, 1.165) is 11.8 Å². The number of benzene rings is 2. The molecule has 29 heavy (non-hydrogen) atoms. The van der Waals surface area contributed by atoms with Crippen molar-refractivity contribution in [2.45, 2.75) is 0 Å². The Balaban J connectivity index is 1.92. The zero-order valence-electron chi connectivity index (χ0n) is 15.9. The quantitative estimate of drug-likeness (QED) is 0.722. The van der Waals surface area contributed by atoms with Gasteiger partial charge in [0.1, 0.15) is 22.8 Å². The Kier molecular flexibility index (Phi) is 5.79. The van der Waals surface area contributed by atoms with Gasteiger partial charge < -0.3 is 19.7 Å². The molecule has 0 saturated carbocycles. The van der Waals surface area contributed by atoms with E-state index in [-0.39, 0.29) is 11.5 Å². The predicted octanol–water partition coefficient (Wildman–Crippen LogP) is 3.34. The van der Waals surface area contributed by atoms with Crippen LogP contribution in [0.3, 0.4) is 0 Å². The lowest BCUT2D eigenvalue weighted by Crippen LogP contribution is -2.23. The largest absolute Gasteiger partial charge is 0.507 e. The van der Waals surface area contributed by atoms with Gasteiger partial charge in [-0.15, -0.1) is 0 Å². The second-order valence-corrected chi connectivity index (χ2v) is 6.99. The van der Waals surface area contributed by atoms with E-state index < -0.39 is 11.7 Å². The number of aromatic hydroxyl groups is 1. The number of rotatable bonds is 5. The fourth-order valence-corrected chi connectivity index (χ4v) is 3.59. The third-order valence-corrected chi connectivity index (χ3v) is 5.23. The number of likely N-dealkylation sites (N-methyl/N-ethyl adjacent to an activating group) is 1. The molecule has 9 heteroatoms. The number of ether oxygens (including phenoxy) is 2. The number of amides is 1. The van der Waals surface area contributed by atoms with Crippen molar-refractivity contribution >= 4 is 40.6 Å². The first-order valence-electron chi connectivity index (χ1n) is 8.38. The third-order valence-electron chi connectivity index (χ3n) is 4.17. The van der Waals surface area contributed by atoms with Crippen LogP contribution in [-0.2, 0) is 4.79 Å². The number of thioether (sulfide) groups is 1. The van der Waals surface area contributed by atoms with Crippen molar-refractivity contribution in [1.29, 1.82) is 0 Å². The Hall–Kier alpha value is -3.46. The topological polar surface area (TPSA) is 109 Å². The molecular formula is C20H18N2O6S. The number of aromatic carboxylic acids is 1. The van der Waals surface area contributed by atoms with Gasteiger partial charge in [0.05, 0.1) is 24.8 Å². The fraction of sp³-hybridized carbons (Fsp3) is 0.150. The van der Waals surface area contributed by atoms with E-state index in [4.69, 9.17) is 14.6 Å². The van der Waals surface area contributed by atoms with E-state index >= 15 is 0 Å². The molecule has 3 rings (SSSR count). The van der Waals surface area contributed by atoms with Gasteiger partial charge >= 0.3 is 5.97 Å². The minimum Gasteiger partial charge on any atom is -0.507 e. The summed E-state index contributed by atoms with van der Waals surface area (Å²) in [5.74, 6) is -0.665. The van der Waals surface area contributed by atoms with Crippen LogP contribution in [0.1, 0.15) is 15.9 Å². The average molecular weight is 414 g/mol. The van der Waals surface area contributed by atoms with Crippen molar-refractivity contribution in [3.63, 3.8) is 0 Å². The molecule has 0 bridgehead atoms. The van der Waals surface area contributed by atoms with Crippen LogP contribution in [0.15, 0.2) is 46.3 Å². The number of hydrogen-bond acceptors (Lipinski definition) is 7. The standard InChI is InChI=1S/C20H18N2O6S/c1-22-18(24)17(8-11-4-6-13(27-2)10-16(11)28-3)29-20(22)21-12-5-7-14(19(25)26)15(23)9-12/h4-10,23H,1-3H3,(H,25,26)/b17-8-,21-20?. The van der Waals surface area contributed by atoms with E-state index in [2.05, 4.69) is 4.99 Å². The number of carbonyl (C=O) groups excluding carboxylic acids is 1. The SMILES string of the molecule is COc1ccc(/C=C2\SC(=Nc3ccc(C(=O)O)c(O)c3)N(C)C2=O)c(OC)c1. The summed E-state index contributed by atoms with van der Waals surface area (Å²) in [4.78, 5) is 29.8. The summed E-state index contributed by atoms with van der Waals surface area (Å²) in [5, 5.41) is 19.2. The smallest absolute Gasteiger partial charge is 0.339 e. The Morgan fingerprint density at radius 3 is 2.55 bits per heavy atom. The average Bonchev–Trinajstić information content (AvgIpc) is 2.96. The van der Waals surface area contributed by atoms with Crippen molar-refractivity contribution in [2.24, 2.45) is 4.99 Å². The number of carboxylic acid groups (broad SMARTS) is 1. The molecule has 0 spiro atoms. The molecule has 0 aromatic heterocycles. The number of carbonyl (C=O) groups is 2. The Bertz CT molecular complexity index is 1050. The molecular weight excluding hydrogens is 396 g/mol. The van der Waals surface area contributed by atoms with Crippen molar-refractivity contribution in [2.75, 3.05) is 21.3 Å². The highest BCUT2D eigenvalue weighted by Crippen LogP contribution is 2.36. The molecule has 2 aromatic rings. The van der Waals surface area contributed by atoms with Crippen LogP contribution < -0.4 is 9.47 Å². The van der Waals surface area contributed by atoms with Gasteiger partial charge in [0.15, 0.2) is 5.17 Å². The highest BCUT2D eigenvalue weighted by molar-refractivity contribution is 8.18. The molecule has 0 radical (unpaired) electrons. The van der Waals surface area contributed by atoms with E-state index in [0.29, 0.717) is 32.8 Å². The highest BCUT2D eigenvalue weighted by atomic mass is 32.2. The summed E-state index contributed by atoms with van der Waals surface area (Å²) in [6.07, 6.45) is 1.70. The lowest BCUT2D eigenvalue weighted by molar-refractivity contribution is -0.121. The van der Waals surface area contributed by atoms with Crippen LogP contribution in [0.2, 0.25) is 0 Å². The van der Waals surface area contributed by atoms with Crippen molar-refractivity contribution < 1.29 is 29.3 Å². The van der Waals surface area contributed by atoms with Crippen LogP contribution >= 0.6 is 11.8 Å². The lowest BCUT2D eigenvalue weighted by atomic mass is 10.1. The van der Waals surface area contributed by atoms with Crippen LogP contribution in [0, 0.1) is 0 Å². The monoisotopic (exact) mass is 414 g/mol. The zero-order chi connectivity index (χ0) is 21.1. The molecule has 1 aliphatic heterocycles. The van der Waals surface area contributed by atoms with Gasteiger partial charge in [0.25, 0.3) is 5.91 Å². The van der Waals surface area contributed by atoms with Gasteiger partial charge in [-0.1, -0.05) is 0 Å². The van der Waals surface area contributed by atoms with E-state index in [1.165, 1.54) is 30.2 Å². The summed E-state index contributed by atoms with van der Waals surface area (Å²) in [6.45, 7) is 0. The Labute approximate surface area is 171 Å². The number of aliphatic imine (C=N–C) groups is 1. The number of phenols is 1. The second kappa shape index (κ2) is 8.27. The summed E-state index contributed by atoms with van der Waals surface area (Å²) < 4.78 is 10.5. The second-order valence-electron chi connectivity index (χ2n) is 5.98. The van der Waals surface area contributed by atoms with Gasteiger partial charge in [0, 0.05) is 24.7 Å². The molecule has 1 fully saturated rings. The number of methoxy groups -OCH3 is 2. The third kappa shape index (κ3) is 4.19. The van der Waals surface area contributed by atoms with Crippen LogP contribution in [0.5, 0.6) is 17.2 Å². The summed E-state index contributed by atoms with van der Waals surface area (Å²) in [7, 11) is 4.68. The van der Waals surface area contributed by atoms with Crippen molar-refractivity contribution in [1.82, 2.24) is 4.90 Å². The molecule has 0 unspecified atom stereocenters. The maximum absolute atomic E-state index is 12.6. The van der Waals surface area contributed by atoms with Crippen molar-refractivity contribution in [3.05, 3.63) is 52.4 Å². The molecule has 1 amide bonds. The van der Waals surface area contributed by atoms with E-state index in [9.17, 15) is 14.7 Å². The molecule has 1 aliphatic rings. The predicted molar refractivity (Wildman–Crippen MR) is 110 cm³/mol. The maximum Gasteiger partial charge on any atom is 0.339 e. The molecule has 150 valence electrons. The molecule has 2 aromatic carbocycles. The molecule has 0 atom stereocenters. The van der Waals surface area contributed by atoms with E-state index in [1.807, 2.05) is 0 Å². The number of hydrogen-bond donors (Lipinski definition) is 2. The van der Waals surface area contributed by atoms with Gasteiger partial charge in [0.2, 0.25) is 0 Å². The van der Waals surface area contributed by atoms with Gasteiger partial charge in [-0.2, -0.15) is 0 Å². The maximum atomic E-state index is 12.6. The zero-order valence-corrected chi connectivity index (χ0v) is 16.7. The Morgan fingerprint density at radius 2 is 1.93 bits per heavy atom. The Morgan fingerprint density at radius 1 is 1.17 bits per heavy atom. The summed E-state index contributed by atoms with van der Waals surface area (Å²) >= 11 is 1.16. The van der Waals surface area contributed by atoms with Gasteiger partial charge in [-0.25, -0.2) is 9.79 Å².